The Hall–Kier alpha value is -6.19. The average Bonchev–Trinajstić information content (AvgIpc) is 3.85. The highest BCUT2D eigenvalue weighted by atomic mass is 16.5. The van der Waals surface area contributed by atoms with Crippen LogP contribution >= 0.6 is 0 Å². The summed E-state index contributed by atoms with van der Waals surface area (Å²) in [6.45, 7) is 5.63. The maximum atomic E-state index is 13.0. The quantitative estimate of drug-likeness (QED) is 0.102. The molecule has 8 rings (SSSR count). The maximum Gasteiger partial charge on any atom is 0.329 e. The van der Waals surface area contributed by atoms with Gasteiger partial charge in [-0.1, -0.05) is 146 Å². The van der Waals surface area contributed by atoms with Gasteiger partial charge in [0.1, 0.15) is 17.4 Å². The van der Waals surface area contributed by atoms with E-state index in [4.69, 9.17) is 20.0 Å². The Balaban J connectivity index is 1.21. The fourth-order valence-corrected chi connectivity index (χ4v) is 7.91. The van der Waals surface area contributed by atoms with Gasteiger partial charge in [-0.2, -0.15) is 0 Å². The zero-order valence-corrected chi connectivity index (χ0v) is 30.6. The van der Waals surface area contributed by atoms with Crippen molar-refractivity contribution >= 4 is 5.97 Å². The number of tetrazole rings is 1. The van der Waals surface area contributed by atoms with E-state index in [-0.39, 0.29) is 5.97 Å². The van der Waals surface area contributed by atoms with Gasteiger partial charge in [0.25, 0.3) is 0 Å². The van der Waals surface area contributed by atoms with Crippen LogP contribution in [0.1, 0.15) is 65.8 Å². The van der Waals surface area contributed by atoms with Gasteiger partial charge < -0.3 is 9.30 Å². The zero-order valence-electron chi connectivity index (χ0n) is 30.6. The molecule has 54 heavy (non-hydrogen) atoms. The van der Waals surface area contributed by atoms with E-state index in [1.165, 1.54) is 0 Å². The molecular formula is C45H43N7O2. The molecule has 0 bridgehead atoms. The molecule has 2 aromatic heterocycles. The Labute approximate surface area is 315 Å². The lowest BCUT2D eigenvalue weighted by Crippen LogP contribution is -2.39. The van der Waals surface area contributed by atoms with Gasteiger partial charge in [0.2, 0.25) is 0 Å². The van der Waals surface area contributed by atoms with E-state index in [1.807, 2.05) is 35.9 Å². The standard InChI is InChI=1S/C45H43N7O2/c1-3-16-40-47-39-29-30-46-41(44(53)54-4-2)42(39)51(40)31-32-25-27-33(28-26-32)37-23-14-15-24-38(37)43-48-49-50-52(43)45(34-17-8-5-9-18-34,35-19-10-6-11-20-35)36-21-12-7-13-22-36/h5-15,17-28,41,46H,3-4,16,29-31H2,1-2H3. The number of ether oxygens (including phenoxy) is 1. The minimum Gasteiger partial charge on any atom is -0.465 e. The first-order valence-electron chi connectivity index (χ1n) is 18.8. The number of hydrogen-bond acceptors (Lipinski definition) is 7. The number of nitrogens with zero attached hydrogens (tertiary/aromatic N) is 6. The number of aryl methyl sites for hydroxylation is 1. The van der Waals surface area contributed by atoms with Crippen molar-refractivity contribution in [1.29, 1.82) is 0 Å². The Morgan fingerprint density at radius 2 is 1.37 bits per heavy atom. The van der Waals surface area contributed by atoms with Gasteiger partial charge in [-0.25, -0.2) is 14.5 Å². The molecule has 0 fully saturated rings. The molecule has 0 spiro atoms. The molecule has 1 N–H and O–H groups in total. The van der Waals surface area contributed by atoms with E-state index in [0.29, 0.717) is 25.5 Å². The van der Waals surface area contributed by atoms with Gasteiger partial charge in [-0.3, -0.25) is 5.32 Å². The fraction of sp³-hybridized carbons (Fsp3) is 0.222. The molecule has 1 aliphatic rings. The van der Waals surface area contributed by atoms with Crippen LogP contribution in [0.5, 0.6) is 0 Å². The number of benzene rings is 5. The number of fused-ring (bicyclic) bond motifs is 1. The summed E-state index contributed by atoms with van der Waals surface area (Å²) in [5.41, 5.74) is 8.26. The van der Waals surface area contributed by atoms with Crippen molar-refractivity contribution in [1.82, 2.24) is 35.1 Å². The number of imidazole rings is 1. The van der Waals surface area contributed by atoms with E-state index >= 15 is 0 Å². The minimum atomic E-state index is -0.865. The number of carbonyl (C=O) groups is 1. The number of nitrogens with one attached hydrogen (secondary N) is 1. The lowest BCUT2D eigenvalue weighted by molar-refractivity contribution is -0.146. The van der Waals surface area contributed by atoms with Crippen molar-refractivity contribution < 1.29 is 9.53 Å². The Morgan fingerprint density at radius 1 is 0.778 bits per heavy atom. The summed E-state index contributed by atoms with van der Waals surface area (Å²) in [5, 5.41) is 17.2. The summed E-state index contributed by atoms with van der Waals surface area (Å²) < 4.78 is 9.67. The van der Waals surface area contributed by atoms with Crippen molar-refractivity contribution in [2.75, 3.05) is 13.2 Å². The highest BCUT2D eigenvalue weighted by molar-refractivity contribution is 5.81. The largest absolute Gasteiger partial charge is 0.465 e. The van der Waals surface area contributed by atoms with Crippen molar-refractivity contribution in [3.8, 4) is 22.5 Å². The molecule has 9 heteroatoms. The fourth-order valence-electron chi connectivity index (χ4n) is 7.91. The van der Waals surface area contributed by atoms with Crippen LogP contribution in [0.2, 0.25) is 0 Å². The third-order valence-corrected chi connectivity index (χ3v) is 10.3. The minimum absolute atomic E-state index is 0.257. The van der Waals surface area contributed by atoms with Crippen molar-refractivity contribution in [3.05, 3.63) is 179 Å². The third kappa shape index (κ3) is 6.30. The SMILES string of the molecule is CCCc1nc2c(n1Cc1ccc(-c3ccccc3-c3nnnn3C(c3ccccc3)(c3ccccc3)c3ccccc3)cc1)C(C(=O)OCC)NCC2. The molecular weight excluding hydrogens is 671 g/mol. The summed E-state index contributed by atoms with van der Waals surface area (Å²) in [5.74, 6) is 1.39. The molecule has 3 heterocycles. The molecule has 9 nitrogen and oxygen atoms in total. The molecule has 0 amide bonds. The smallest absolute Gasteiger partial charge is 0.329 e. The van der Waals surface area contributed by atoms with Crippen LogP contribution in [0.15, 0.2) is 140 Å². The van der Waals surface area contributed by atoms with Crippen LogP contribution in [0.4, 0.5) is 0 Å². The first kappa shape index (κ1) is 34.9. The second-order valence-corrected chi connectivity index (χ2v) is 13.6. The summed E-state index contributed by atoms with van der Waals surface area (Å²) in [6.07, 6.45) is 2.58. The van der Waals surface area contributed by atoms with Crippen LogP contribution in [-0.2, 0) is 34.5 Å². The normalized spacial score (nSPS) is 14.1. The number of aromatic nitrogens is 6. The monoisotopic (exact) mass is 713 g/mol. The number of esters is 1. The molecule has 1 atom stereocenters. The van der Waals surface area contributed by atoms with E-state index in [9.17, 15) is 4.79 Å². The van der Waals surface area contributed by atoms with Gasteiger partial charge in [-0.15, -0.1) is 5.10 Å². The van der Waals surface area contributed by atoms with Crippen LogP contribution in [0.25, 0.3) is 22.5 Å². The van der Waals surface area contributed by atoms with Crippen molar-refractivity contribution in [2.24, 2.45) is 0 Å². The molecule has 0 radical (unpaired) electrons. The molecule has 5 aromatic carbocycles. The molecule has 0 saturated carbocycles. The lowest BCUT2D eigenvalue weighted by Gasteiger charge is -2.36. The Bertz CT molecular complexity index is 2240. The van der Waals surface area contributed by atoms with Crippen LogP contribution in [0, 0.1) is 0 Å². The predicted molar refractivity (Wildman–Crippen MR) is 210 cm³/mol. The summed E-state index contributed by atoms with van der Waals surface area (Å²) in [7, 11) is 0. The summed E-state index contributed by atoms with van der Waals surface area (Å²) >= 11 is 0. The van der Waals surface area contributed by atoms with Gasteiger partial charge in [-0.05, 0) is 57.2 Å². The molecule has 0 aliphatic carbocycles. The third-order valence-electron chi connectivity index (χ3n) is 10.3. The zero-order chi connectivity index (χ0) is 36.9. The lowest BCUT2D eigenvalue weighted by atomic mass is 9.77. The summed E-state index contributed by atoms with van der Waals surface area (Å²) in [6, 6.07) is 47.8. The van der Waals surface area contributed by atoms with Crippen LogP contribution in [-0.4, -0.2) is 48.9 Å². The van der Waals surface area contributed by atoms with E-state index in [1.54, 1.807) is 0 Å². The van der Waals surface area contributed by atoms with E-state index < -0.39 is 11.6 Å². The van der Waals surface area contributed by atoms with E-state index in [2.05, 4.69) is 137 Å². The number of rotatable bonds is 12. The maximum absolute atomic E-state index is 13.0. The second-order valence-electron chi connectivity index (χ2n) is 13.6. The molecule has 0 saturated heterocycles. The van der Waals surface area contributed by atoms with Crippen molar-refractivity contribution in [2.45, 2.75) is 51.2 Å². The molecule has 270 valence electrons. The highest BCUT2D eigenvalue weighted by Gasteiger charge is 2.42. The molecule has 1 aliphatic heterocycles. The van der Waals surface area contributed by atoms with Gasteiger partial charge in [0, 0.05) is 31.5 Å². The number of carbonyl (C=O) groups excluding carboxylic acids is 1. The van der Waals surface area contributed by atoms with E-state index in [0.717, 1.165) is 75.4 Å². The average molecular weight is 714 g/mol. The van der Waals surface area contributed by atoms with Gasteiger partial charge >= 0.3 is 5.97 Å². The Morgan fingerprint density at radius 3 is 1.96 bits per heavy atom. The van der Waals surface area contributed by atoms with Gasteiger partial charge in [0.15, 0.2) is 5.82 Å². The van der Waals surface area contributed by atoms with Crippen LogP contribution in [0.3, 0.4) is 0 Å². The van der Waals surface area contributed by atoms with Gasteiger partial charge in [0.05, 0.1) is 18.0 Å². The highest BCUT2D eigenvalue weighted by Crippen LogP contribution is 2.43. The number of hydrogen-bond donors (Lipinski definition) is 1. The molecule has 7 aromatic rings. The first-order chi connectivity index (χ1) is 26.6. The van der Waals surface area contributed by atoms with Crippen molar-refractivity contribution in [3.63, 3.8) is 0 Å². The second kappa shape index (κ2) is 15.4. The summed E-state index contributed by atoms with van der Waals surface area (Å²) in [4.78, 5) is 18.1. The Kier molecular flexibility index (Phi) is 9.96. The topological polar surface area (TPSA) is 99.8 Å². The predicted octanol–water partition coefficient (Wildman–Crippen LogP) is 7.79. The molecule has 1 unspecified atom stereocenters. The van der Waals surface area contributed by atoms with Crippen LogP contribution < -0.4 is 5.32 Å². The first-order valence-corrected chi connectivity index (χ1v) is 18.8.